The molecule has 1 amide bonds. The van der Waals surface area contributed by atoms with Gasteiger partial charge in [-0.05, 0) is 41.7 Å². The van der Waals surface area contributed by atoms with Gasteiger partial charge in [-0.15, -0.1) is 0 Å². The maximum Gasteiger partial charge on any atom is 0.336 e. The molecule has 3 aromatic rings. The number of aryl methyl sites for hydroxylation is 1. The predicted octanol–water partition coefficient (Wildman–Crippen LogP) is 4.32. The van der Waals surface area contributed by atoms with Gasteiger partial charge in [0.25, 0.3) is 0 Å². The van der Waals surface area contributed by atoms with Gasteiger partial charge in [0.05, 0.1) is 5.92 Å². The Kier molecular flexibility index (Phi) is 6.12. The van der Waals surface area contributed by atoms with Crippen molar-refractivity contribution >= 4 is 22.8 Å². The molecule has 4 rings (SSSR count). The Labute approximate surface area is 186 Å². The number of carbonyl (C=O) groups is 2. The molecule has 166 valence electrons. The molecular weight excluding hydrogens is 406 g/mol. The molecule has 1 atom stereocenters. The Hall–Kier alpha value is -3.41. The van der Waals surface area contributed by atoms with Crippen LogP contribution >= 0.6 is 0 Å². The Balaban J connectivity index is 1.47. The van der Waals surface area contributed by atoms with Crippen LogP contribution in [-0.2, 0) is 27.5 Å². The molecule has 0 radical (unpaired) electrons. The third-order valence-corrected chi connectivity index (χ3v) is 5.97. The van der Waals surface area contributed by atoms with Crippen LogP contribution in [0.4, 0.5) is 0 Å². The molecule has 1 saturated heterocycles. The van der Waals surface area contributed by atoms with E-state index in [2.05, 4.69) is 13.8 Å². The summed E-state index contributed by atoms with van der Waals surface area (Å²) in [5.41, 5.74) is 3.83. The fourth-order valence-corrected chi connectivity index (χ4v) is 4.29. The summed E-state index contributed by atoms with van der Waals surface area (Å²) < 4.78 is 10.9. The summed E-state index contributed by atoms with van der Waals surface area (Å²) in [7, 11) is 0. The van der Waals surface area contributed by atoms with E-state index in [4.69, 9.17) is 9.15 Å². The van der Waals surface area contributed by atoms with Crippen LogP contribution < -0.4 is 5.63 Å². The lowest BCUT2D eigenvalue weighted by Gasteiger charge is -2.16. The second-order valence-corrected chi connectivity index (χ2v) is 8.72. The third-order valence-electron chi connectivity index (χ3n) is 5.97. The minimum absolute atomic E-state index is 0.0368. The normalized spacial score (nSPS) is 16.2. The molecule has 32 heavy (non-hydrogen) atoms. The molecule has 6 heteroatoms. The summed E-state index contributed by atoms with van der Waals surface area (Å²) in [5.74, 6) is -0.682. The molecule has 0 unspecified atom stereocenters. The molecule has 1 aliphatic heterocycles. The van der Waals surface area contributed by atoms with Gasteiger partial charge in [-0.1, -0.05) is 44.2 Å². The highest BCUT2D eigenvalue weighted by molar-refractivity contribution is 5.87. The number of nitrogens with zero attached hydrogens (tertiary/aromatic N) is 1. The lowest BCUT2D eigenvalue weighted by molar-refractivity contribution is -0.149. The number of hydrogen-bond donors (Lipinski definition) is 0. The van der Waals surface area contributed by atoms with Crippen LogP contribution in [0.2, 0.25) is 0 Å². The maximum atomic E-state index is 12.7. The first kappa shape index (κ1) is 21.8. The van der Waals surface area contributed by atoms with E-state index < -0.39 is 17.5 Å². The third kappa shape index (κ3) is 4.59. The van der Waals surface area contributed by atoms with Gasteiger partial charge >= 0.3 is 11.6 Å². The first-order chi connectivity index (χ1) is 15.3. The summed E-state index contributed by atoms with van der Waals surface area (Å²) in [6, 6.07) is 14.9. The first-order valence-electron chi connectivity index (χ1n) is 10.9. The number of amides is 1. The zero-order chi connectivity index (χ0) is 22.8. The number of rotatable bonds is 6. The van der Waals surface area contributed by atoms with Gasteiger partial charge in [-0.3, -0.25) is 9.59 Å². The standard InChI is InChI=1S/C26H27NO5/c1-16(2)21-12-22-20(11-25(29)32-23(22)9-17(21)3)15-31-26(30)19-10-24(28)27(14-19)13-18-7-5-4-6-8-18/h4-9,11-12,16,19H,10,13-15H2,1-3H3/t19-/m1/s1. The molecule has 0 aliphatic carbocycles. The summed E-state index contributed by atoms with van der Waals surface area (Å²) in [6.07, 6.45) is 0.139. The molecule has 0 N–H and O–H groups in total. The van der Waals surface area contributed by atoms with Crippen molar-refractivity contribution in [2.75, 3.05) is 6.54 Å². The van der Waals surface area contributed by atoms with E-state index in [-0.39, 0.29) is 18.9 Å². The largest absolute Gasteiger partial charge is 0.461 e. The molecular formula is C26H27NO5. The Morgan fingerprint density at radius 1 is 1.16 bits per heavy atom. The van der Waals surface area contributed by atoms with Crippen LogP contribution in [0.3, 0.4) is 0 Å². The Bertz CT molecular complexity index is 1210. The Morgan fingerprint density at radius 2 is 1.91 bits per heavy atom. The topological polar surface area (TPSA) is 76.8 Å². The zero-order valence-electron chi connectivity index (χ0n) is 18.6. The van der Waals surface area contributed by atoms with E-state index in [0.717, 1.165) is 22.1 Å². The van der Waals surface area contributed by atoms with Crippen LogP contribution in [0.25, 0.3) is 11.0 Å². The number of likely N-dealkylation sites (tertiary alicyclic amines) is 1. The molecule has 0 saturated carbocycles. The molecule has 0 bridgehead atoms. The summed E-state index contributed by atoms with van der Waals surface area (Å²) in [4.78, 5) is 38.8. The zero-order valence-corrected chi connectivity index (χ0v) is 18.6. The number of hydrogen-bond acceptors (Lipinski definition) is 5. The molecule has 0 spiro atoms. The summed E-state index contributed by atoms with van der Waals surface area (Å²) in [6.45, 7) is 6.97. The van der Waals surface area contributed by atoms with Gasteiger partial charge in [0.2, 0.25) is 5.91 Å². The van der Waals surface area contributed by atoms with Crippen molar-refractivity contribution in [1.82, 2.24) is 4.90 Å². The van der Waals surface area contributed by atoms with E-state index in [1.165, 1.54) is 6.07 Å². The van der Waals surface area contributed by atoms with Crippen molar-refractivity contribution in [3.63, 3.8) is 0 Å². The highest BCUT2D eigenvalue weighted by atomic mass is 16.5. The molecule has 1 fully saturated rings. The van der Waals surface area contributed by atoms with Crippen molar-refractivity contribution < 1.29 is 18.7 Å². The number of ether oxygens (including phenoxy) is 1. The summed E-state index contributed by atoms with van der Waals surface area (Å²) >= 11 is 0. The number of benzene rings is 2. The van der Waals surface area contributed by atoms with Crippen LogP contribution in [0, 0.1) is 12.8 Å². The van der Waals surface area contributed by atoms with Crippen LogP contribution in [-0.4, -0.2) is 23.3 Å². The Morgan fingerprint density at radius 3 is 2.62 bits per heavy atom. The van der Waals surface area contributed by atoms with Crippen molar-refractivity contribution in [3.05, 3.63) is 81.2 Å². The van der Waals surface area contributed by atoms with Crippen molar-refractivity contribution in [2.45, 2.75) is 46.3 Å². The van der Waals surface area contributed by atoms with Gasteiger partial charge in [-0.25, -0.2) is 4.79 Å². The van der Waals surface area contributed by atoms with Gasteiger partial charge < -0.3 is 14.1 Å². The van der Waals surface area contributed by atoms with Gasteiger partial charge in [0.15, 0.2) is 0 Å². The predicted molar refractivity (Wildman–Crippen MR) is 121 cm³/mol. The fourth-order valence-electron chi connectivity index (χ4n) is 4.29. The van der Waals surface area contributed by atoms with Gasteiger partial charge in [0.1, 0.15) is 12.2 Å². The lowest BCUT2D eigenvalue weighted by Crippen LogP contribution is -2.26. The van der Waals surface area contributed by atoms with Gasteiger partial charge in [0, 0.05) is 36.5 Å². The lowest BCUT2D eigenvalue weighted by atomic mass is 9.95. The second kappa shape index (κ2) is 8.99. The van der Waals surface area contributed by atoms with Crippen LogP contribution in [0.1, 0.15) is 48.4 Å². The van der Waals surface area contributed by atoms with E-state index in [0.29, 0.717) is 30.2 Å². The SMILES string of the molecule is Cc1cc2oc(=O)cc(COC(=O)[C@@H]3CC(=O)N(Cc4ccccc4)C3)c2cc1C(C)C. The number of carbonyl (C=O) groups excluding carboxylic acids is 2. The van der Waals surface area contributed by atoms with Crippen molar-refractivity contribution in [1.29, 1.82) is 0 Å². The molecule has 2 aromatic carbocycles. The molecule has 6 nitrogen and oxygen atoms in total. The van der Waals surface area contributed by atoms with E-state index in [9.17, 15) is 14.4 Å². The number of esters is 1. The average Bonchev–Trinajstić information content (AvgIpc) is 3.12. The van der Waals surface area contributed by atoms with E-state index in [1.54, 1.807) is 4.90 Å². The molecule has 1 aromatic heterocycles. The number of fused-ring (bicyclic) bond motifs is 1. The summed E-state index contributed by atoms with van der Waals surface area (Å²) in [5, 5.41) is 0.764. The maximum absolute atomic E-state index is 12.7. The first-order valence-corrected chi connectivity index (χ1v) is 10.9. The smallest absolute Gasteiger partial charge is 0.336 e. The van der Waals surface area contributed by atoms with E-state index >= 15 is 0 Å². The molecule has 2 heterocycles. The minimum atomic E-state index is -0.508. The highest BCUT2D eigenvalue weighted by Crippen LogP contribution is 2.28. The van der Waals surface area contributed by atoms with Crippen molar-refractivity contribution in [3.8, 4) is 0 Å². The van der Waals surface area contributed by atoms with E-state index in [1.807, 2.05) is 49.4 Å². The van der Waals surface area contributed by atoms with Gasteiger partial charge in [-0.2, -0.15) is 0 Å². The van der Waals surface area contributed by atoms with Crippen LogP contribution in [0.15, 0.2) is 57.7 Å². The monoisotopic (exact) mass is 433 g/mol. The minimum Gasteiger partial charge on any atom is -0.461 e. The highest BCUT2D eigenvalue weighted by Gasteiger charge is 2.35. The fraction of sp³-hybridized carbons (Fsp3) is 0.346. The van der Waals surface area contributed by atoms with Crippen molar-refractivity contribution in [2.24, 2.45) is 5.92 Å². The molecule has 1 aliphatic rings. The quantitative estimate of drug-likeness (QED) is 0.428. The average molecular weight is 434 g/mol. The van der Waals surface area contributed by atoms with Crippen LogP contribution in [0.5, 0.6) is 0 Å². The second-order valence-electron chi connectivity index (χ2n) is 8.72.